The van der Waals surface area contributed by atoms with Gasteiger partial charge in [-0.2, -0.15) is 0 Å². The Morgan fingerprint density at radius 2 is 2.25 bits per heavy atom. The average Bonchev–Trinajstić information content (AvgIpc) is 2.82. The molecule has 0 amide bonds. The Balaban J connectivity index is 1.96. The topological polar surface area (TPSA) is 24.9 Å². The van der Waals surface area contributed by atoms with Crippen molar-refractivity contribution in [1.82, 2.24) is 10.3 Å². The van der Waals surface area contributed by atoms with E-state index in [1.807, 2.05) is 36.8 Å². The highest BCUT2D eigenvalue weighted by atomic mass is 32.1. The van der Waals surface area contributed by atoms with E-state index < -0.39 is 0 Å². The zero-order chi connectivity index (χ0) is 11.2. The molecule has 0 aliphatic carbocycles. The van der Waals surface area contributed by atoms with Gasteiger partial charge in [0.25, 0.3) is 0 Å². The largest absolute Gasteiger partial charge is 0.316 e. The van der Waals surface area contributed by atoms with Crippen molar-refractivity contribution in [3.05, 3.63) is 52.5 Å². The highest BCUT2D eigenvalue weighted by molar-refractivity contribution is 7.09. The predicted molar refractivity (Wildman–Crippen MR) is 68.8 cm³/mol. The van der Waals surface area contributed by atoms with Crippen LogP contribution in [0.5, 0.6) is 0 Å². The summed E-state index contributed by atoms with van der Waals surface area (Å²) in [4.78, 5) is 5.58. The first-order valence-corrected chi connectivity index (χ1v) is 6.35. The third kappa shape index (κ3) is 3.15. The Bertz CT molecular complexity index is 397. The van der Waals surface area contributed by atoms with E-state index in [0.717, 1.165) is 12.8 Å². The van der Waals surface area contributed by atoms with Gasteiger partial charge in [0.1, 0.15) is 0 Å². The quantitative estimate of drug-likeness (QED) is 0.857. The maximum Gasteiger partial charge on any atom is 0.0300 e. The molecule has 0 fully saturated rings. The number of hydrogen-bond donors (Lipinski definition) is 1. The number of nitrogens with one attached hydrogen (secondary N) is 1. The summed E-state index contributed by atoms with van der Waals surface area (Å²) >= 11 is 1.82. The second kappa shape index (κ2) is 5.77. The van der Waals surface area contributed by atoms with E-state index in [2.05, 4.69) is 33.9 Å². The van der Waals surface area contributed by atoms with Gasteiger partial charge in [-0.1, -0.05) is 12.1 Å². The van der Waals surface area contributed by atoms with Crippen LogP contribution in [0.25, 0.3) is 0 Å². The molecule has 2 rings (SSSR count). The van der Waals surface area contributed by atoms with Crippen LogP contribution in [0.3, 0.4) is 0 Å². The van der Waals surface area contributed by atoms with E-state index in [1.54, 1.807) is 0 Å². The maximum absolute atomic E-state index is 4.14. The molecule has 1 unspecified atom stereocenters. The second-order valence-corrected chi connectivity index (χ2v) is 4.87. The van der Waals surface area contributed by atoms with Gasteiger partial charge in [0.2, 0.25) is 0 Å². The molecule has 0 spiro atoms. The van der Waals surface area contributed by atoms with Crippen LogP contribution in [0.4, 0.5) is 0 Å². The van der Waals surface area contributed by atoms with Gasteiger partial charge in [-0.15, -0.1) is 11.3 Å². The summed E-state index contributed by atoms with van der Waals surface area (Å²) in [5, 5.41) is 5.50. The third-order valence-corrected chi connectivity index (χ3v) is 3.54. The first-order chi connectivity index (χ1) is 7.88. The highest BCUT2D eigenvalue weighted by Gasteiger charge is 2.08. The molecule has 1 N–H and O–H groups in total. The SMILES string of the molecule is CNC(Cc1cccnc1)Cc1cccs1. The molecule has 0 aromatic carbocycles. The van der Waals surface area contributed by atoms with Crippen molar-refractivity contribution in [2.45, 2.75) is 18.9 Å². The lowest BCUT2D eigenvalue weighted by atomic mass is 10.0. The third-order valence-electron chi connectivity index (χ3n) is 2.64. The summed E-state index contributed by atoms with van der Waals surface area (Å²) in [7, 11) is 2.02. The van der Waals surface area contributed by atoms with Gasteiger partial charge in [-0.05, 0) is 43.0 Å². The van der Waals surface area contributed by atoms with Crippen LogP contribution >= 0.6 is 11.3 Å². The molecule has 16 heavy (non-hydrogen) atoms. The number of likely N-dealkylation sites (N-methyl/N-ethyl adjacent to an activating group) is 1. The van der Waals surface area contributed by atoms with E-state index in [0.29, 0.717) is 6.04 Å². The molecule has 0 aliphatic heterocycles. The van der Waals surface area contributed by atoms with Crippen molar-refractivity contribution in [2.24, 2.45) is 0 Å². The normalized spacial score (nSPS) is 12.6. The molecule has 2 aromatic rings. The number of thiophene rings is 1. The minimum absolute atomic E-state index is 0.489. The van der Waals surface area contributed by atoms with E-state index in [-0.39, 0.29) is 0 Å². The zero-order valence-electron chi connectivity index (χ0n) is 9.39. The summed E-state index contributed by atoms with van der Waals surface area (Å²) in [6.07, 6.45) is 5.88. The van der Waals surface area contributed by atoms with E-state index in [9.17, 15) is 0 Å². The van der Waals surface area contributed by atoms with Gasteiger partial charge in [0, 0.05) is 23.3 Å². The molecular formula is C13H16N2S. The summed E-state index contributed by atoms with van der Waals surface area (Å²) in [6, 6.07) is 8.91. The minimum Gasteiger partial charge on any atom is -0.316 e. The number of hydrogen-bond acceptors (Lipinski definition) is 3. The summed E-state index contributed by atoms with van der Waals surface area (Å²) in [6.45, 7) is 0. The van der Waals surface area contributed by atoms with E-state index in [1.165, 1.54) is 10.4 Å². The van der Waals surface area contributed by atoms with Crippen molar-refractivity contribution in [3.63, 3.8) is 0 Å². The lowest BCUT2D eigenvalue weighted by molar-refractivity contribution is 0.559. The van der Waals surface area contributed by atoms with Gasteiger partial charge in [0.15, 0.2) is 0 Å². The zero-order valence-corrected chi connectivity index (χ0v) is 10.2. The van der Waals surface area contributed by atoms with Crippen LogP contribution in [-0.2, 0) is 12.8 Å². The van der Waals surface area contributed by atoms with Gasteiger partial charge in [-0.3, -0.25) is 4.98 Å². The Hall–Kier alpha value is -1.19. The molecule has 2 nitrogen and oxygen atoms in total. The van der Waals surface area contributed by atoms with Crippen molar-refractivity contribution < 1.29 is 0 Å². The van der Waals surface area contributed by atoms with E-state index >= 15 is 0 Å². The fourth-order valence-electron chi connectivity index (χ4n) is 1.75. The first-order valence-electron chi connectivity index (χ1n) is 5.47. The lowest BCUT2D eigenvalue weighted by Crippen LogP contribution is -2.29. The number of rotatable bonds is 5. The molecule has 0 bridgehead atoms. The maximum atomic E-state index is 4.14. The molecule has 0 saturated carbocycles. The van der Waals surface area contributed by atoms with Gasteiger partial charge in [0.05, 0.1) is 0 Å². The predicted octanol–water partition coefficient (Wildman–Crippen LogP) is 2.52. The lowest BCUT2D eigenvalue weighted by Gasteiger charge is -2.14. The molecule has 2 aromatic heterocycles. The molecule has 0 aliphatic rings. The standard InChI is InChI=1S/C13H16N2S/c1-14-12(9-13-5-3-7-16-13)8-11-4-2-6-15-10-11/h2-7,10,12,14H,8-9H2,1H3. The van der Waals surface area contributed by atoms with Crippen LogP contribution < -0.4 is 5.32 Å². The van der Waals surface area contributed by atoms with Crippen LogP contribution in [0.15, 0.2) is 42.0 Å². The van der Waals surface area contributed by atoms with Gasteiger partial charge < -0.3 is 5.32 Å². The monoisotopic (exact) mass is 232 g/mol. The fraction of sp³-hybridized carbons (Fsp3) is 0.308. The number of nitrogens with zero attached hydrogens (tertiary/aromatic N) is 1. The van der Waals surface area contributed by atoms with Crippen molar-refractivity contribution in [3.8, 4) is 0 Å². The molecule has 84 valence electrons. The molecule has 0 saturated heterocycles. The molecule has 0 radical (unpaired) electrons. The fourth-order valence-corrected chi connectivity index (χ4v) is 2.54. The van der Waals surface area contributed by atoms with Crippen LogP contribution in [0.2, 0.25) is 0 Å². The van der Waals surface area contributed by atoms with Gasteiger partial charge >= 0.3 is 0 Å². The van der Waals surface area contributed by atoms with Crippen LogP contribution in [0.1, 0.15) is 10.4 Å². The summed E-state index contributed by atoms with van der Waals surface area (Å²) < 4.78 is 0. The van der Waals surface area contributed by atoms with Crippen LogP contribution in [-0.4, -0.2) is 18.1 Å². The molecular weight excluding hydrogens is 216 g/mol. The second-order valence-electron chi connectivity index (χ2n) is 3.83. The average molecular weight is 232 g/mol. The van der Waals surface area contributed by atoms with Crippen molar-refractivity contribution >= 4 is 11.3 Å². The Morgan fingerprint density at radius 1 is 1.31 bits per heavy atom. The molecule has 3 heteroatoms. The Morgan fingerprint density at radius 3 is 2.88 bits per heavy atom. The number of pyridine rings is 1. The van der Waals surface area contributed by atoms with Gasteiger partial charge in [-0.25, -0.2) is 0 Å². The molecule has 2 heterocycles. The van der Waals surface area contributed by atoms with Crippen molar-refractivity contribution in [2.75, 3.05) is 7.05 Å². The van der Waals surface area contributed by atoms with Crippen molar-refractivity contribution in [1.29, 1.82) is 0 Å². The Labute approximate surface area is 100 Å². The van der Waals surface area contributed by atoms with E-state index in [4.69, 9.17) is 0 Å². The summed E-state index contributed by atoms with van der Waals surface area (Å²) in [5.74, 6) is 0. The Kier molecular flexibility index (Phi) is 4.08. The summed E-state index contributed by atoms with van der Waals surface area (Å²) in [5.41, 5.74) is 1.29. The molecule has 1 atom stereocenters. The first kappa shape index (κ1) is 11.3. The van der Waals surface area contributed by atoms with Crippen LogP contribution in [0, 0.1) is 0 Å². The number of aromatic nitrogens is 1. The highest BCUT2D eigenvalue weighted by Crippen LogP contribution is 2.13. The smallest absolute Gasteiger partial charge is 0.0300 e. The minimum atomic E-state index is 0.489.